The van der Waals surface area contributed by atoms with E-state index in [0.29, 0.717) is 19.1 Å². The van der Waals surface area contributed by atoms with Crippen molar-refractivity contribution in [2.24, 2.45) is 0 Å². The van der Waals surface area contributed by atoms with Crippen LogP contribution >= 0.6 is 0 Å². The van der Waals surface area contributed by atoms with E-state index in [0.717, 1.165) is 0 Å². The number of carbonyl (C=O) groups is 1. The Morgan fingerprint density at radius 3 is 2.67 bits per heavy atom. The summed E-state index contributed by atoms with van der Waals surface area (Å²) in [4.78, 5) is 11.6. The summed E-state index contributed by atoms with van der Waals surface area (Å²) in [6.07, 6.45) is -4.32. The molecule has 1 aliphatic heterocycles. The fourth-order valence-electron chi connectivity index (χ4n) is 1.53. The zero-order chi connectivity index (χ0) is 13.6. The van der Waals surface area contributed by atoms with Crippen LogP contribution in [-0.4, -0.2) is 57.0 Å². The van der Waals surface area contributed by atoms with Gasteiger partial charge in [-0.25, -0.2) is 0 Å². The predicted octanol–water partition coefficient (Wildman–Crippen LogP) is -0.369. The molecule has 5 nitrogen and oxygen atoms in total. The lowest BCUT2D eigenvalue weighted by Gasteiger charge is -2.28. The maximum absolute atomic E-state index is 11.7. The summed E-state index contributed by atoms with van der Waals surface area (Å²) in [6, 6.07) is -0.0343. The zero-order valence-corrected chi connectivity index (χ0v) is 10.1. The van der Waals surface area contributed by atoms with Gasteiger partial charge in [-0.15, -0.1) is 0 Å². The molecule has 3 N–H and O–H groups in total. The minimum absolute atomic E-state index is 0.0721. The van der Waals surface area contributed by atoms with Crippen LogP contribution in [0, 0.1) is 0 Å². The van der Waals surface area contributed by atoms with Crippen molar-refractivity contribution in [1.29, 1.82) is 0 Å². The summed E-state index contributed by atoms with van der Waals surface area (Å²) in [7, 11) is 0. The van der Waals surface area contributed by atoms with E-state index in [9.17, 15) is 18.0 Å². The second-order valence-electron chi connectivity index (χ2n) is 4.23. The molecule has 8 heteroatoms. The number of ether oxygens (including phenoxy) is 1. The van der Waals surface area contributed by atoms with Gasteiger partial charge in [-0.3, -0.25) is 4.79 Å². The molecule has 1 fully saturated rings. The van der Waals surface area contributed by atoms with Crippen LogP contribution < -0.4 is 16.0 Å². The Kier molecular flexibility index (Phi) is 5.83. The van der Waals surface area contributed by atoms with Gasteiger partial charge in [0.1, 0.15) is 6.61 Å². The first kappa shape index (κ1) is 15.2. The first-order valence-corrected chi connectivity index (χ1v) is 5.77. The fraction of sp³-hybridized carbons (Fsp3) is 0.900. The lowest BCUT2D eigenvalue weighted by Crippen LogP contribution is -2.59. The molecular weight excluding hydrogens is 251 g/mol. The third-order valence-corrected chi connectivity index (χ3v) is 2.47. The maximum atomic E-state index is 11.7. The second-order valence-corrected chi connectivity index (χ2v) is 4.23. The number of carbonyl (C=O) groups excluding carboxylic acids is 1. The lowest BCUT2D eigenvalue weighted by atomic mass is 10.1. The lowest BCUT2D eigenvalue weighted by molar-refractivity contribution is -0.173. The van der Waals surface area contributed by atoms with E-state index >= 15 is 0 Å². The molecule has 0 saturated carbocycles. The second kappa shape index (κ2) is 6.91. The Bertz CT molecular complexity index is 266. The molecule has 0 spiro atoms. The Labute approximate surface area is 103 Å². The SMILES string of the molecule is CC1CNC(C(=O)NCCOCC(F)(F)F)CN1. The van der Waals surface area contributed by atoms with Gasteiger partial charge >= 0.3 is 6.18 Å². The third-order valence-electron chi connectivity index (χ3n) is 2.47. The molecule has 1 saturated heterocycles. The average Bonchev–Trinajstić information content (AvgIpc) is 2.27. The Balaban J connectivity index is 2.07. The number of nitrogens with one attached hydrogen (secondary N) is 3. The number of amides is 1. The van der Waals surface area contributed by atoms with Crippen molar-refractivity contribution in [3.63, 3.8) is 0 Å². The summed E-state index contributed by atoms with van der Waals surface area (Å²) in [5.74, 6) is -0.231. The van der Waals surface area contributed by atoms with Gasteiger partial charge < -0.3 is 20.7 Å². The Hall–Kier alpha value is -0.860. The number of hydrogen-bond acceptors (Lipinski definition) is 4. The molecule has 2 atom stereocenters. The highest BCUT2D eigenvalue weighted by Gasteiger charge is 2.27. The van der Waals surface area contributed by atoms with Gasteiger partial charge in [-0.2, -0.15) is 13.2 Å². The minimum Gasteiger partial charge on any atom is -0.370 e. The quantitative estimate of drug-likeness (QED) is 0.596. The normalized spacial score (nSPS) is 24.9. The van der Waals surface area contributed by atoms with Crippen molar-refractivity contribution in [2.75, 3.05) is 32.8 Å². The average molecular weight is 269 g/mol. The highest BCUT2D eigenvalue weighted by molar-refractivity contribution is 5.82. The molecule has 106 valence electrons. The Morgan fingerprint density at radius 1 is 1.39 bits per heavy atom. The molecule has 0 aliphatic carbocycles. The summed E-state index contributed by atoms with van der Waals surface area (Å²) in [5.41, 5.74) is 0. The van der Waals surface area contributed by atoms with Crippen LogP contribution in [0.25, 0.3) is 0 Å². The van der Waals surface area contributed by atoms with Crippen molar-refractivity contribution >= 4 is 5.91 Å². The van der Waals surface area contributed by atoms with Crippen LogP contribution in [0.1, 0.15) is 6.92 Å². The van der Waals surface area contributed by atoms with E-state index in [1.165, 1.54) is 0 Å². The fourth-order valence-corrected chi connectivity index (χ4v) is 1.53. The largest absolute Gasteiger partial charge is 0.411 e. The van der Waals surface area contributed by atoms with Crippen molar-refractivity contribution in [2.45, 2.75) is 25.2 Å². The first-order chi connectivity index (χ1) is 8.38. The molecule has 0 radical (unpaired) electrons. The zero-order valence-electron chi connectivity index (χ0n) is 10.1. The van der Waals surface area contributed by atoms with E-state index in [4.69, 9.17) is 0 Å². The first-order valence-electron chi connectivity index (χ1n) is 5.77. The van der Waals surface area contributed by atoms with Crippen LogP contribution in [0.15, 0.2) is 0 Å². The van der Waals surface area contributed by atoms with Crippen molar-refractivity contribution in [1.82, 2.24) is 16.0 Å². The van der Waals surface area contributed by atoms with Gasteiger partial charge in [-0.1, -0.05) is 0 Å². The molecule has 2 unspecified atom stereocenters. The molecule has 18 heavy (non-hydrogen) atoms. The standard InChI is InChI=1S/C10H18F3N3O2/c1-7-4-16-8(5-15-7)9(17)14-2-3-18-6-10(11,12)13/h7-8,15-16H,2-6H2,1H3,(H,14,17). The number of piperazine rings is 1. The van der Waals surface area contributed by atoms with Gasteiger partial charge in [0.05, 0.1) is 12.6 Å². The van der Waals surface area contributed by atoms with Crippen LogP contribution in [0.4, 0.5) is 13.2 Å². The molecule has 0 aromatic carbocycles. The monoisotopic (exact) mass is 269 g/mol. The molecule has 1 aliphatic rings. The van der Waals surface area contributed by atoms with Crippen molar-refractivity contribution in [3.8, 4) is 0 Å². The van der Waals surface area contributed by atoms with Crippen LogP contribution in [0.5, 0.6) is 0 Å². The smallest absolute Gasteiger partial charge is 0.370 e. The van der Waals surface area contributed by atoms with Crippen LogP contribution in [0.3, 0.4) is 0 Å². The highest BCUT2D eigenvalue weighted by Crippen LogP contribution is 2.13. The molecule has 1 rings (SSSR count). The predicted molar refractivity (Wildman–Crippen MR) is 59.1 cm³/mol. The van der Waals surface area contributed by atoms with Gasteiger partial charge in [-0.05, 0) is 6.92 Å². The topological polar surface area (TPSA) is 62.4 Å². The third kappa shape index (κ3) is 6.18. The number of hydrogen-bond donors (Lipinski definition) is 3. The highest BCUT2D eigenvalue weighted by atomic mass is 19.4. The number of rotatable bonds is 5. The van der Waals surface area contributed by atoms with Gasteiger partial charge in [0.2, 0.25) is 5.91 Å². The van der Waals surface area contributed by atoms with Gasteiger partial charge in [0, 0.05) is 25.7 Å². The van der Waals surface area contributed by atoms with E-state index < -0.39 is 12.8 Å². The Morgan fingerprint density at radius 2 is 2.11 bits per heavy atom. The van der Waals surface area contributed by atoms with Crippen LogP contribution in [-0.2, 0) is 9.53 Å². The molecular formula is C10H18F3N3O2. The molecule has 1 amide bonds. The van der Waals surface area contributed by atoms with Crippen molar-refractivity contribution in [3.05, 3.63) is 0 Å². The molecule has 0 bridgehead atoms. The van der Waals surface area contributed by atoms with Crippen LogP contribution in [0.2, 0.25) is 0 Å². The van der Waals surface area contributed by atoms with Crippen molar-refractivity contribution < 1.29 is 22.7 Å². The number of halogens is 3. The minimum atomic E-state index is -4.32. The number of alkyl halides is 3. The van der Waals surface area contributed by atoms with E-state index in [1.54, 1.807) is 0 Å². The summed E-state index contributed by atoms with van der Waals surface area (Å²) < 4.78 is 39.6. The molecule has 0 aromatic rings. The summed E-state index contributed by atoms with van der Waals surface area (Å²) in [6.45, 7) is 1.82. The molecule has 0 aromatic heterocycles. The van der Waals surface area contributed by atoms with Gasteiger partial charge in [0.25, 0.3) is 0 Å². The maximum Gasteiger partial charge on any atom is 0.411 e. The summed E-state index contributed by atoms with van der Waals surface area (Å²) in [5, 5.41) is 8.69. The van der Waals surface area contributed by atoms with E-state index in [2.05, 4.69) is 20.7 Å². The van der Waals surface area contributed by atoms with E-state index in [-0.39, 0.29) is 25.1 Å². The summed E-state index contributed by atoms with van der Waals surface area (Å²) >= 11 is 0. The van der Waals surface area contributed by atoms with E-state index in [1.807, 2.05) is 6.92 Å². The van der Waals surface area contributed by atoms with Gasteiger partial charge in [0.15, 0.2) is 0 Å². The molecule has 1 heterocycles.